The van der Waals surface area contributed by atoms with Crippen LogP contribution >= 0.6 is 12.4 Å². The van der Waals surface area contributed by atoms with Crippen molar-refractivity contribution in [2.24, 2.45) is 5.73 Å². The summed E-state index contributed by atoms with van der Waals surface area (Å²) in [5.41, 5.74) is 9.01. The van der Waals surface area contributed by atoms with E-state index in [1.54, 1.807) is 6.07 Å². The first-order chi connectivity index (χ1) is 7.66. The molecule has 2 aromatic rings. The predicted octanol–water partition coefficient (Wildman–Crippen LogP) is 2.76. The fraction of sp³-hybridized carbons (Fsp3) is 0.0769. The molecule has 0 unspecified atom stereocenters. The molecular weight excluding hydrogens is 234 g/mol. The molecule has 0 saturated heterocycles. The Bertz CT molecular complexity index is 520. The maximum absolute atomic E-state index is 7.34. The van der Waals surface area contributed by atoms with Crippen LogP contribution in [-0.2, 0) is 0 Å². The maximum atomic E-state index is 7.34. The first kappa shape index (κ1) is 13.2. The third-order valence-electron chi connectivity index (χ3n) is 2.37. The van der Waals surface area contributed by atoms with Crippen molar-refractivity contribution < 1.29 is 0 Å². The molecule has 0 aliphatic carbocycles. The predicted molar refractivity (Wildman–Crippen MR) is 72.7 cm³/mol. The molecule has 4 heteroatoms. The number of hydrogen-bond donors (Lipinski definition) is 2. The van der Waals surface area contributed by atoms with E-state index in [0.29, 0.717) is 5.69 Å². The first-order valence-electron chi connectivity index (χ1n) is 5.05. The summed E-state index contributed by atoms with van der Waals surface area (Å²) < 4.78 is 0. The van der Waals surface area contributed by atoms with Gasteiger partial charge in [-0.25, -0.2) is 4.98 Å². The molecule has 0 spiro atoms. The molecule has 0 bridgehead atoms. The summed E-state index contributed by atoms with van der Waals surface area (Å²) in [6.45, 7) is 2.04. The maximum Gasteiger partial charge on any atom is 0.141 e. The highest BCUT2D eigenvalue weighted by Gasteiger charge is 2.02. The van der Waals surface area contributed by atoms with Gasteiger partial charge in [0.15, 0.2) is 0 Å². The van der Waals surface area contributed by atoms with Gasteiger partial charge in [-0.3, -0.25) is 5.41 Å². The minimum absolute atomic E-state index is 0. The van der Waals surface area contributed by atoms with Crippen molar-refractivity contribution >= 4 is 18.2 Å². The number of aromatic nitrogens is 1. The van der Waals surface area contributed by atoms with Gasteiger partial charge in [-0.05, 0) is 19.1 Å². The number of nitrogens with zero attached hydrogens (tertiary/aromatic N) is 1. The number of nitrogen functional groups attached to an aromatic ring is 1. The summed E-state index contributed by atoms with van der Waals surface area (Å²) in [5, 5.41) is 7.34. The lowest BCUT2D eigenvalue weighted by Gasteiger charge is -2.03. The fourth-order valence-corrected chi connectivity index (χ4v) is 1.47. The van der Waals surface area contributed by atoms with Crippen LogP contribution in [0.5, 0.6) is 0 Å². The first-order valence-corrected chi connectivity index (χ1v) is 5.05. The summed E-state index contributed by atoms with van der Waals surface area (Å²) in [5.74, 6) is -0.00559. The second kappa shape index (κ2) is 5.46. The number of pyridine rings is 1. The lowest BCUT2D eigenvalue weighted by atomic mass is 10.1. The third kappa shape index (κ3) is 3.04. The standard InChI is InChI=1S/C13H13N3.ClH/c1-9-5-7-10(8-6-9)11-3-2-4-12(16-11)13(14)15;/h2-8H,1H3,(H3,14,15);1H. The van der Waals surface area contributed by atoms with E-state index < -0.39 is 0 Å². The third-order valence-corrected chi connectivity index (χ3v) is 2.37. The molecular formula is C13H14ClN3. The van der Waals surface area contributed by atoms with Crippen LogP contribution in [0.4, 0.5) is 0 Å². The summed E-state index contributed by atoms with van der Waals surface area (Å²) in [6.07, 6.45) is 0. The second-order valence-electron chi connectivity index (χ2n) is 3.69. The zero-order valence-electron chi connectivity index (χ0n) is 9.47. The van der Waals surface area contributed by atoms with Crippen LogP contribution in [0.1, 0.15) is 11.3 Å². The van der Waals surface area contributed by atoms with Gasteiger partial charge >= 0.3 is 0 Å². The van der Waals surface area contributed by atoms with Gasteiger partial charge in [-0.15, -0.1) is 12.4 Å². The Morgan fingerprint density at radius 2 is 1.76 bits per heavy atom. The second-order valence-corrected chi connectivity index (χ2v) is 3.69. The van der Waals surface area contributed by atoms with Crippen LogP contribution in [0.3, 0.4) is 0 Å². The van der Waals surface area contributed by atoms with E-state index in [4.69, 9.17) is 11.1 Å². The van der Waals surface area contributed by atoms with Gasteiger partial charge in [0.25, 0.3) is 0 Å². The van der Waals surface area contributed by atoms with Crippen molar-refractivity contribution in [1.82, 2.24) is 4.98 Å². The average Bonchev–Trinajstić information content (AvgIpc) is 2.30. The van der Waals surface area contributed by atoms with E-state index in [9.17, 15) is 0 Å². The molecule has 1 aromatic heterocycles. The number of halogens is 1. The van der Waals surface area contributed by atoms with E-state index in [1.807, 2.05) is 43.3 Å². The Morgan fingerprint density at radius 3 is 2.35 bits per heavy atom. The summed E-state index contributed by atoms with van der Waals surface area (Å²) >= 11 is 0. The summed E-state index contributed by atoms with van der Waals surface area (Å²) in [6, 6.07) is 13.6. The number of benzene rings is 1. The van der Waals surface area contributed by atoms with Gasteiger partial charge in [0.1, 0.15) is 11.5 Å². The van der Waals surface area contributed by atoms with Crippen LogP contribution in [0.2, 0.25) is 0 Å². The molecule has 0 atom stereocenters. The molecule has 0 radical (unpaired) electrons. The van der Waals surface area contributed by atoms with E-state index >= 15 is 0 Å². The Kier molecular flexibility index (Phi) is 4.24. The number of rotatable bonds is 2. The zero-order chi connectivity index (χ0) is 11.5. The minimum atomic E-state index is -0.00559. The van der Waals surface area contributed by atoms with Crippen LogP contribution in [-0.4, -0.2) is 10.8 Å². The smallest absolute Gasteiger partial charge is 0.141 e. The largest absolute Gasteiger partial charge is 0.382 e. The summed E-state index contributed by atoms with van der Waals surface area (Å²) in [7, 11) is 0. The lowest BCUT2D eigenvalue weighted by Crippen LogP contribution is -2.13. The van der Waals surface area contributed by atoms with Gasteiger partial charge in [-0.1, -0.05) is 35.9 Å². The summed E-state index contributed by atoms with van der Waals surface area (Å²) in [4.78, 5) is 4.32. The number of aryl methyl sites for hydroxylation is 1. The lowest BCUT2D eigenvalue weighted by molar-refractivity contribution is 1.25. The Morgan fingerprint density at radius 1 is 1.12 bits per heavy atom. The number of hydrogen-bond acceptors (Lipinski definition) is 2. The van der Waals surface area contributed by atoms with Crippen LogP contribution < -0.4 is 5.73 Å². The molecule has 0 amide bonds. The van der Waals surface area contributed by atoms with Crippen molar-refractivity contribution in [1.29, 1.82) is 5.41 Å². The molecule has 17 heavy (non-hydrogen) atoms. The highest BCUT2D eigenvalue weighted by atomic mass is 35.5. The van der Waals surface area contributed by atoms with Gasteiger partial charge in [0, 0.05) is 5.56 Å². The fourth-order valence-electron chi connectivity index (χ4n) is 1.47. The van der Waals surface area contributed by atoms with Crippen molar-refractivity contribution in [3.8, 4) is 11.3 Å². The Labute approximate surface area is 107 Å². The van der Waals surface area contributed by atoms with Gasteiger partial charge in [0.05, 0.1) is 5.69 Å². The Balaban J connectivity index is 0.00000144. The highest BCUT2D eigenvalue weighted by Crippen LogP contribution is 2.17. The molecule has 0 aliphatic rings. The number of nitrogens with one attached hydrogen (secondary N) is 1. The number of nitrogens with two attached hydrogens (primary N) is 1. The van der Waals surface area contributed by atoms with Crippen LogP contribution in [0, 0.1) is 12.3 Å². The van der Waals surface area contributed by atoms with E-state index in [2.05, 4.69) is 4.98 Å². The SMILES string of the molecule is Cc1ccc(-c2cccc(C(=N)N)n2)cc1.Cl. The molecule has 3 nitrogen and oxygen atoms in total. The number of amidine groups is 1. The monoisotopic (exact) mass is 247 g/mol. The van der Waals surface area contributed by atoms with Crippen molar-refractivity contribution in [2.75, 3.05) is 0 Å². The van der Waals surface area contributed by atoms with Gasteiger partial charge in [0.2, 0.25) is 0 Å². The minimum Gasteiger partial charge on any atom is -0.382 e. The van der Waals surface area contributed by atoms with E-state index in [0.717, 1.165) is 11.3 Å². The molecule has 2 rings (SSSR count). The van der Waals surface area contributed by atoms with Crippen molar-refractivity contribution in [3.63, 3.8) is 0 Å². The molecule has 3 N–H and O–H groups in total. The van der Waals surface area contributed by atoms with Crippen LogP contribution in [0.15, 0.2) is 42.5 Å². The van der Waals surface area contributed by atoms with Crippen LogP contribution in [0.25, 0.3) is 11.3 Å². The zero-order valence-corrected chi connectivity index (χ0v) is 10.3. The average molecular weight is 248 g/mol. The van der Waals surface area contributed by atoms with Gasteiger partial charge < -0.3 is 5.73 Å². The molecule has 0 fully saturated rings. The van der Waals surface area contributed by atoms with E-state index in [1.165, 1.54) is 5.56 Å². The molecule has 0 aliphatic heterocycles. The molecule has 0 saturated carbocycles. The highest BCUT2D eigenvalue weighted by molar-refractivity contribution is 5.93. The molecule has 88 valence electrons. The Hall–Kier alpha value is -1.87. The van der Waals surface area contributed by atoms with E-state index in [-0.39, 0.29) is 18.2 Å². The molecule has 1 aromatic carbocycles. The topological polar surface area (TPSA) is 62.8 Å². The quantitative estimate of drug-likeness (QED) is 0.633. The normalized spacial score (nSPS) is 9.47. The van der Waals surface area contributed by atoms with Crippen molar-refractivity contribution in [3.05, 3.63) is 53.7 Å². The van der Waals surface area contributed by atoms with Crippen molar-refractivity contribution in [2.45, 2.75) is 6.92 Å². The van der Waals surface area contributed by atoms with Gasteiger partial charge in [-0.2, -0.15) is 0 Å². The molecule has 1 heterocycles.